The summed E-state index contributed by atoms with van der Waals surface area (Å²) in [6.45, 7) is 1.85. The smallest absolute Gasteiger partial charge is 0.344 e. The second kappa shape index (κ2) is 9.41. The third kappa shape index (κ3) is 4.60. The predicted octanol–water partition coefficient (Wildman–Crippen LogP) is 4.60. The van der Waals surface area contributed by atoms with Gasteiger partial charge in [-0.05, 0) is 37.3 Å². The first-order valence-electron chi connectivity index (χ1n) is 9.07. The van der Waals surface area contributed by atoms with Crippen LogP contribution < -0.4 is 9.47 Å². The number of esters is 1. The molecule has 1 aliphatic heterocycles. The number of aromatic hydroxyl groups is 1. The van der Waals surface area contributed by atoms with E-state index in [0.29, 0.717) is 32.7 Å². The van der Waals surface area contributed by atoms with Crippen LogP contribution in [0.4, 0.5) is 5.69 Å². The maximum absolute atomic E-state index is 12.5. The maximum Gasteiger partial charge on any atom is 0.344 e. The number of nitrogens with zero attached hydrogens (tertiary/aromatic N) is 1. The number of carbonyl (C=O) groups is 1. The summed E-state index contributed by atoms with van der Waals surface area (Å²) in [5.74, 6) is 0.211. The van der Waals surface area contributed by atoms with Crippen LogP contribution in [0.5, 0.6) is 17.2 Å². The Morgan fingerprint density at radius 2 is 1.93 bits per heavy atom. The molecule has 0 spiro atoms. The van der Waals surface area contributed by atoms with Crippen LogP contribution in [0.3, 0.4) is 0 Å². The molecule has 0 aliphatic carbocycles. The Balaban J connectivity index is 2.07. The van der Waals surface area contributed by atoms with Crippen molar-refractivity contribution in [3.05, 3.63) is 64.3 Å². The van der Waals surface area contributed by atoms with E-state index in [1.165, 1.54) is 19.2 Å². The van der Waals surface area contributed by atoms with Gasteiger partial charge in [0.1, 0.15) is 33.6 Å². The fraction of sp³-hybridized carbons (Fsp3) is 0.182. The molecule has 7 nitrogen and oxygen atoms in total. The summed E-state index contributed by atoms with van der Waals surface area (Å²) in [7, 11) is 3.03. The first kappa shape index (κ1) is 21.3. The van der Waals surface area contributed by atoms with Gasteiger partial charge in [-0.15, -0.1) is 0 Å². The van der Waals surface area contributed by atoms with Crippen LogP contribution in [0.1, 0.15) is 12.5 Å². The van der Waals surface area contributed by atoms with Crippen molar-refractivity contribution in [3.8, 4) is 17.2 Å². The van der Waals surface area contributed by atoms with Gasteiger partial charge in [0.15, 0.2) is 0 Å². The number of aliphatic hydroxyl groups excluding tert-OH is 1. The lowest BCUT2D eigenvalue weighted by Crippen LogP contribution is -2.12. The Labute approximate surface area is 178 Å². The van der Waals surface area contributed by atoms with Gasteiger partial charge in [0.2, 0.25) is 0 Å². The average Bonchev–Trinajstić information content (AvgIpc) is 3.04. The first-order chi connectivity index (χ1) is 14.5. The minimum absolute atomic E-state index is 0.00587. The van der Waals surface area contributed by atoms with Crippen molar-refractivity contribution in [3.63, 3.8) is 0 Å². The number of hydrogen-bond acceptors (Lipinski definition) is 8. The highest BCUT2D eigenvalue weighted by Gasteiger charge is 2.33. The number of benzene rings is 2. The number of aliphatic hydroxyl groups is 1. The van der Waals surface area contributed by atoms with Gasteiger partial charge in [-0.3, -0.25) is 0 Å². The van der Waals surface area contributed by atoms with Crippen LogP contribution >= 0.6 is 11.8 Å². The zero-order valence-corrected chi connectivity index (χ0v) is 17.5. The van der Waals surface area contributed by atoms with Crippen molar-refractivity contribution in [1.29, 1.82) is 0 Å². The molecular weight excluding hydrogens is 406 g/mol. The molecule has 2 N–H and O–H groups in total. The summed E-state index contributed by atoms with van der Waals surface area (Å²) in [6, 6.07) is 11.7. The zero-order valence-electron chi connectivity index (χ0n) is 16.7. The van der Waals surface area contributed by atoms with Crippen LogP contribution in [-0.4, -0.2) is 42.1 Å². The largest absolute Gasteiger partial charge is 0.508 e. The van der Waals surface area contributed by atoms with E-state index in [1.54, 1.807) is 50.4 Å². The predicted molar refractivity (Wildman–Crippen MR) is 117 cm³/mol. The number of thioether (sulfide) groups is 1. The lowest BCUT2D eigenvalue weighted by molar-refractivity contribution is -0.138. The third-order valence-electron chi connectivity index (χ3n) is 4.16. The Bertz CT molecular complexity index is 1060. The van der Waals surface area contributed by atoms with Crippen LogP contribution in [-0.2, 0) is 9.53 Å². The monoisotopic (exact) mass is 427 g/mol. The normalized spacial score (nSPS) is 16.2. The summed E-state index contributed by atoms with van der Waals surface area (Å²) in [6.07, 6.45) is 1.66. The third-order valence-corrected chi connectivity index (χ3v) is 5.18. The molecule has 0 radical (unpaired) electrons. The van der Waals surface area contributed by atoms with Crippen molar-refractivity contribution in [2.24, 2.45) is 4.99 Å². The summed E-state index contributed by atoms with van der Waals surface area (Å²) in [5.41, 5.74) is 1.18. The molecule has 0 atom stereocenters. The van der Waals surface area contributed by atoms with E-state index in [2.05, 4.69) is 4.99 Å². The van der Waals surface area contributed by atoms with E-state index in [4.69, 9.17) is 14.2 Å². The van der Waals surface area contributed by atoms with E-state index in [1.807, 2.05) is 0 Å². The second-order valence-electron chi connectivity index (χ2n) is 6.10. The van der Waals surface area contributed by atoms with Crippen LogP contribution in [0, 0.1) is 0 Å². The van der Waals surface area contributed by atoms with Crippen molar-refractivity contribution >= 4 is 34.5 Å². The van der Waals surface area contributed by atoms with E-state index in [9.17, 15) is 15.0 Å². The Kier molecular flexibility index (Phi) is 6.68. The van der Waals surface area contributed by atoms with Gasteiger partial charge in [-0.2, -0.15) is 0 Å². The molecule has 1 heterocycles. The molecule has 1 aliphatic rings. The minimum Gasteiger partial charge on any atom is -0.508 e. The van der Waals surface area contributed by atoms with Crippen LogP contribution in [0.2, 0.25) is 0 Å². The van der Waals surface area contributed by atoms with Crippen molar-refractivity contribution < 1.29 is 29.2 Å². The van der Waals surface area contributed by atoms with Gasteiger partial charge >= 0.3 is 5.97 Å². The summed E-state index contributed by atoms with van der Waals surface area (Å²) >= 11 is 1.13. The summed E-state index contributed by atoms with van der Waals surface area (Å²) in [4.78, 5) is 17.4. The molecule has 3 rings (SSSR count). The van der Waals surface area contributed by atoms with Crippen molar-refractivity contribution in [2.45, 2.75) is 6.92 Å². The molecule has 30 heavy (non-hydrogen) atoms. The van der Waals surface area contributed by atoms with Gasteiger partial charge in [-0.1, -0.05) is 17.8 Å². The van der Waals surface area contributed by atoms with E-state index in [0.717, 1.165) is 11.8 Å². The Hall–Kier alpha value is -3.39. The number of ether oxygens (including phenoxy) is 3. The standard InChI is InChI=1S/C22H21NO6S/c1-4-29-22(26)19-20(25)18(10-13-8-9-15(24)12-17(13)28-3)30-21(19)23-14-6-5-7-16(11-14)27-2/h5-12,24-25H,4H2,1-3H3. The zero-order chi connectivity index (χ0) is 21.7. The molecule has 2 aromatic carbocycles. The highest BCUT2D eigenvalue weighted by Crippen LogP contribution is 2.41. The topological polar surface area (TPSA) is 97.6 Å². The van der Waals surface area contributed by atoms with Gasteiger partial charge in [0.05, 0.1) is 31.4 Å². The highest BCUT2D eigenvalue weighted by atomic mass is 32.2. The second-order valence-corrected chi connectivity index (χ2v) is 7.13. The number of phenolic OH excluding ortho intramolecular Hbond substituents is 1. The highest BCUT2D eigenvalue weighted by molar-refractivity contribution is 8.18. The molecule has 2 aromatic rings. The number of carbonyl (C=O) groups excluding carboxylic acids is 1. The molecule has 0 fully saturated rings. The lowest BCUT2D eigenvalue weighted by atomic mass is 10.1. The van der Waals surface area contributed by atoms with Gasteiger partial charge in [0, 0.05) is 17.7 Å². The van der Waals surface area contributed by atoms with Crippen LogP contribution in [0.15, 0.2) is 63.7 Å². The molecule has 0 saturated carbocycles. The SMILES string of the molecule is CCOC(=O)C1=C(O)C(=Cc2ccc(O)cc2OC)SC1=Nc1cccc(OC)c1. The quantitative estimate of drug-likeness (QED) is 0.650. The maximum atomic E-state index is 12.5. The summed E-state index contributed by atoms with van der Waals surface area (Å²) < 4.78 is 15.6. The van der Waals surface area contributed by atoms with Crippen LogP contribution in [0.25, 0.3) is 6.08 Å². The summed E-state index contributed by atoms with van der Waals surface area (Å²) in [5, 5.41) is 20.7. The van der Waals surface area contributed by atoms with Gasteiger partial charge in [-0.25, -0.2) is 9.79 Å². The van der Waals surface area contributed by atoms with Gasteiger partial charge < -0.3 is 24.4 Å². The van der Waals surface area contributed by atoms with Crippen molar-refractivity contribution in [2.75, 3.05) is 20.8 Å². The molecule has 8 heteroatoms. The number of phenols is 1. The van der Waals surface area contributed by atoms with E-state index < -0.39 is 5.97 Å². The molecule has 0 bridgehead atoms. The molecule has 0 amide bonds. The molecular formula is C22H21NO6S. The Morgan fingerprint density at radius 3 is 2.63 bits per heavy atom. The molecule has 156 valence electrons. The molecule has 0 aromatic heterocycles. The average molecular weight is 427 g/mol. The molecule has 0 saturated heterocycles. The van der Waals surface area contributed by atoms with E-state index >= 15 is 0 Å². The fourth-order valence-corrected chi connectivity index (χ4v) is 3.78. The number of hydrogen-bond donors (Lipinski definition) is 2. The minimum atomic E-state index is -0.662. The van der Waals surface area contributed by atoms with Crippen molar-refractivity contribution in [1.82, 2.24) is 0 Å². The number of rotatable bonds is 6. The first-order valence-corrected chi connectivity index (χ1v) is 9.88. The van der Waals surface area contributed by atoms with Gasteiger partial charge in [0.25, 0.3) is 0 Å². The fourth-order valence-electron chi connectivity index (χ4n) is 2.75. The van der Waals surface area contributed by atoms with E-state index in [-0.39, 0.29) is 23.7 Å². The Morgan fingerprint density at radius 1 is 1.13 bits per heavy atom. The lowest BCUT2D eigenvalue weighted by Gasteiger charge is -2.06. The molecule has 0 unspecified atom stereocenters. The number of aliphatic imine (C=N–C) groups is 1. The number of methoxy groups -OCH3 is 2.